The number of hydrogen-bond acceptors (Lipinski definition) is 2. The number of hydrogen-bond donors (Lipinski definition) is 0. The van der Waals surface area contributed by atoms with Gasteiger partial charge in [0, 0.05) is 30.0 Å². The highest BCUT2D eigenvalue weighted by Gasteiger charge is 2.13. The van der Waals surface area contributed by atoms with Gasteiger partial charge < -0.3 is 9.64 Å². The summed E-state index contributed by atoms with van der Waals surface area (Å²) in [5, 5.41) is 0. The van der Waals surface area contributed by atoms with Gasteiger partial charge in [-0.15, -0.1) is 11.6 Å². The molecule has 0 unspecified atom stereocenters. The lowest BCUT2D eigenvalue weighted by atomic mass is 10.2. The molecule has 0 saturated carbocycles. The van der Waals surface area contributed by atoms with Crippen LogP contribution in [0.5, 0.6) is 0 Å². The summed E-state index contributed by atoms with van der Waals surface area (Å²) < 4.78 is 6.23. The van der Waals surface area contributed by atoms with Crippen LogP contribution in [0.2, 0.25) is 0 Å². The summed E-state index contributed by atoms with van der Waals surface area (Å²) in [6, 6.07) is 6.68. The summed E-state index contributed by atoms with van der Waals surface area (Å²) >= 11 is 9.43. The molecule has 0 heterocycles. The zero-order chi connectivity index (χ0) is 12.8. The maximum Gasteiger partial charge on any atom is 0.0637 e. The van der Waals surface area contributed by atoms with Crippen LogP contribution in [-0.4, -0.2) is 26.3 Å². The lowest BCUT2D eigenvalue weighted by molar-refractivity contribution is 0.204. The standard InChI is InChI=1S/C13H19BrClNO/c1-10(2)16(6-7-17-3)13-5-4-11(9-15)8-12(13)14/h4-5,8,10H,6-7,9H2,1-3H3. The molecule has 1 aromatic rings. The van der Waals surface area contributed by atoms with Gasteiger partial charge in [-0.1, -0.05) is 6.07 Å². The van der Waals surface area contributed by atoms with Crippen LogP contribution in [0.1, 0.15) is 19.4 Å². The normalized spacial score (nSPS) is 10.9. The fraction of sp³-hybridized carbons (Fsp3) is 0.538. The summed E-state index contributed by atoms with van der Waals surface area (Å²) in [4.78, 5) is 2.31. The monoisotopic (exact) mass is 319 g/mol. The first-order valence-corrected chi connectivity index (χ1v) is 7.03. The molecule has 0 saturated heterocycles. The Kier molecular flexibility index (Phi) is 6.31. The Bertz CT molecular complexity index is 357. The fourth-order valence-electron chi connectivity index (χ4n) is 1.71. The Morgan fingerprint density at radius 3 is 2.59 bits per heavy atom. The van der Waals surface area contributed by atoms with Crippen LogP contribution < -0.4 is 4.90 Å². The largest absolute Gasteiger partial charge is 0.383 e. The molecular formula is C13H19BrClNO. The van der Waals surface area contributed by atoms with Crippen molar-refractivity contribution in [1.29, 1.82) is 0 Å². The quantitative estimate of drug-likeness (QED) is 0.733. The van der Waals surface area contributed by atoms with Gasteiger partial charge in [0.15, 0.2) is 0 Å². The molecule has 2 nitrogen and oxygen atoms in total. The molecule has 0 aliphatic carbocycles. The minimum absolute atomic E-state index is 0.434. The first-order valence-electron chi connectivity index (χ1n) is 5.70. The third kappa shape index (κ3) is 4.16. The summed E-state index contributed by atoms with van der Waals surface area (Å²) in [6.07, 6.45) is 0. The van der Waals surface area contributed by atoms with Crippen LogP contribution in [0.15, 0.2) is 22.7 Å². The Hall–Kier alpha value is -0.250. The molecule has 0 amide bonds. The van der Waals surface area contributed by atoms with E-state index in [0.29, 0.717) is 11.9 Å². The topological polar surface area (TPSA) is 12.5 Å². The average Bonchev–Trinajstić information content (AvgIpc) is 2.30. The molecule has 0 spiro atoms. The van der Waals surface area contributed by atoms with E-state index in [1.165, 1.54) is 5.69 Å². The summed E-state index contributed by atoms with van der Waals surface area (Å²) in [6.45, 7) is 5.96. The Balaban J connectivity index is 2.93. The van der Waals surface area contributed by atoms with E-state index in [9.17, 15) is 0 Å². The van der Waals surface area contributed by atoms with E-state index in [1.807, 2.05) is 0 Å². The van der Waals surface area contributed by atoms with Crippen LogP contribution in [0.4, 0.5) is 5.69 Å². The van der Waals surface area contributed by atoms with E-state index in [-0.39, 0.29) is 0 Å². The molecule has 96 valence electrons. The van der Waals surface area contributed by atoms with E-state index in [1.54, 1.807) is 7.11 Å². The number of rotatable bonds is 6. The van der Waals surface area contributed by atoms with Gasteiger partial charge in [0.2, 0.25) is 0 Å². The van der Waals surface area contributed by atoms with Crippen molar-refractivity contribution in [2.75, 3.05) is 25.2 Å². The molecule has 0 aliphatic rings. The molecule has 17 heavy (non-hydrogen) atoms. The van der Waals surface area contributed by atoms with Gasteiger partial charge in [-0.2, -0.15) is 0 Å². The third-order valence-electron chi connectivity index (χ3n) is 2.64. The minimum Gasteiger partial charge on any atom is -0.383 e. The third-order valence-corrected chi connectivity index (χ3v) is 3.58. The van der Waals surface area contributed by atoms with Crippen molar-refractivity contribution < 1.29 is 4.74 Å². The summed E-state index contributed by atoms with van der Waals surface area (Å²) in [7, 11) is 1.73. The smallest absolute Gasteiger partial charge is 0.0637 e. The SMILES string of the molecule is COCCN(c1ccc(CCl)cc1Br)C(C)C. The molecule has 0 bridgehead atoms. The molecule has 1 aromatic carbocycles. The summed E-state index contributed by atoms with van der Waals surface area (Å²) in [5.41, 5.74) is 2.31. The second-order valence-corrected chi connectivity index (χ2v) is 5.32. The predicted molar refractivity (Wildman–Crippen MR) is 78.1 cm³/mol. The van der Waals surface area contributed by atoms with Crippen molar-refractivity contribution in [2.45, 2.75) is 25.8 Å². The van der Waals surface area contributed by atoms with E-state index in [4.69, 9.17) is 16.3 Å². The molecule has 0 radical (unpaired) electrons. The van der Waals surface area contributed by atoms with E-state index in [2.05, 4.69) is 52.9 Å². The Morgan fingerprint density at radius 1 is 1.41 bits per heavy atom. The first kappa shape index (κ1) is 14.8. The second kappa shape index (κ2) is 7.24. The van der Waals surface area contributed by atoms with E-state index in [0.717, 1.165) is 23.2 Å². The van der Waals surface area contributed by atoms with Crippen molar-refractivity contribution in [3.8, 4) is 0 Å². The lowest BCUT2D eigenvalue weighted by Crippen LogP contribution is -2.34. The number of alkyl halides is 1. The number of methoxy groups -OCH3 is 1. The summed E-state index contributed by atoms with van der Waals surface area (Å²) in [5.74, 6) is 0.540. The molecule has 0 N–H and O–H groups in total. The van der Waals surface area contributed by atoms with Gasteiger partial charge in [0.1, 0.15) is 0 Å². The van der Waals surface area contributed by atoms with Gasteiger partial charge in [0.25, 0.3) is 0 Å². The highest BCUT2D eigenvalue weighted by atomic mass is 79.9. The number of nitrogens with zero attached hydrogens (tertiary/aromatic N) is 1. The van der Waals surface area contributed by atoms with Crippen molar-refractivity contribution in [1.82, 2.24) is 0 Å². The first-order chi connectivity index (χ1) is 8.10. The zero-order valence-corrected chi connectivity index (χ0v) is 12.9. The number of benzene rings is 1. The van der Waals surface area contributed by atoms with E-state index < -0.39 is 0 Å². The molecule has 4 heteroatoms. The molecular weight excluding hydrogens is 302 g/mol. The molecule has 0 fully saturated rings. The van der Waals surface area contributed by atoms with Crippen molar-refractivity contribution in [3.05, 3.63) is 28.2 Å². The Labute approximate surface area is 117 Å². The van der Waals surface area contributed by atoms with Gasteiger partial charge in [-0.3, -0.25) is 0 Å². The van der Waals surface area contributed by atoms with Crippen LogP contribution in [0, 0.1) is 0 Å². The lowest BCUT2D eigenvalue weighted by Gasteiger charge is -2.30. The second-order valence-electron chi connectivity index (χ2n) is 4.20. The van der Waals surface area contributed by atoms with Crippen LogP contribution in [0.25, 0.3) is 0 Å². The van der Waals surface area contributed by atoms with Crippen LogP contribution in [-0.2, 0) is 10.6 Å². The van der Waals surface area contributed by atoms with Crippen molar-refractivity contribution >= 4 is 33.2 Å². The minimum atomic E-state index is 0.434. The predicted octanol–water partition coefficient (Wildman–Crippen LogP) is 4.05. The van der Waals surface area contributed by atoms with Gasteiger partial charge in [-0.25, -0.2) is 0 Å². The van der Waals surface area contributed by atoms with Crippen LogP contribution in [0.3, 0.4) is 0 Å². The maximum atomic E-state index is 5.82. The van der Waals surface area contributed by atoms with Gasteiger partial charge >= 0.3 is 0 Å². The van der Waals surface area contributed by atoms with Crippen molar-refractivity contribution in [3.63, 3.8) is 0 Å². The van der Waals surface area contributed by atoms with Crippen LogP contribution >= 0.6 is 27.5 Å². The molecule has 0 atom stereocenters. The fourth-order valence-corrected chi connectivity index (χ4v) is 2.53. The highest BCUT2D eigenvalue weighted by molar-refractivity contribution is 9.10. The van der Waals surface area contributed by atoms with Gasteiger partial charge in [0.05, 0.1) is 12.3 Å². The average molecular weight is 321 g/mol. The van der Waals surface area contributed by atoms with E-state index >= 15 is 0 Å². The molecule has 1 rings (SSSR count). The highest BCUT2D eigenvalue weighted by Crippen LogP contribution is 2.29. The van der Waals surface area contributed by atoms with Crippen molar-refractivity contribution in [2.24, 2.45) is 0 Å². The Morgan fingerprint density at radius 2 is 2.12 bits per heavy atom. The number of halogens is 2. The number of anilines is 1. The number of ether oxygens (including phenoxy) is 1. The molecule has 0 aliphatic heterocycles. The van der Waals surface area contributed by atoms with Gasteiger partial charge in [-0.05, 0) is 47.5 Å². The molecule has 0 aromatic heterocycles. The zero-order valence-electron chi connectivity index (χ0n) is 10.5. The maximum absolute atomic E-state index is 5.82.